The summed E-state index contributed by atoms with van der Waals surface area (Å²) in [5, 5.41) is 5.80. The summed E-state index contributed by atoms with van der Waals surface area (Å²) in [7, 11) is 2.05. The van der Waals surface area contributed by atoms with Gasteiger partial charge < -0.3 is 25.5 Å². The molecule has 0 fully saturated rings. The topological polar surface area (TPSA) is 229 Å². The molecule has 0 aliphatic carbocycles. The van der Waals surface area contributed by atoms with Crippen LogP contribution in [0.1, 0.15) is 37.9 Å². The van der Waals surface area contributed by atoms with Crippen LogP contribution in [0.3, 0.4) is 0 Å². The maximum Gasteiger partial charge on any atom is 0.355 e. The van der Waals surface area contributed by atoms with E-state index in [-0.39, 0.29) is 33.6 Å². The third-order valence-corrected chi connectivity index (χ3v) is 6.31. The molecule has 5 N–H and O–H groups in total. The van der Waals surface area contributed by atoms with Gasteiger partial charge in [-0.15, -0.1) is 0 Å². The third-order valence-electron chi connectivity index (χ3n) is 6.31. The number of nitrogens with two attached hydrogens (primary N) is 1. The molecule has 0 spiro atoms. The van der Waals surface area contributed by atoms with Crippen molar-refractivity contribution >= 4 is 57.9 Å². The molecule has 0 aliphatic heterocycles. The summed E-state index contributed by atoms with van der Waals surface area (Å²) < 4.78 is 9.38. The van der Waals surface area contributed by atoms with Crippen molar-refractivity contribution in [2.45, 2.75) is 5.92 Å². The number of para-hydroxylation sites is 1. The van der Waals surface area contributed by atoms with Gasteiger partial charge in [-0.05, 0) is 30.3 Å². The fraction of sp³-hybridized carbons (Fsp3) is 0.100. The molecule has 15 heteroatoms. The molecule has 3 aromatic carbocycles. The number of amides is 3. The first-order valence-electron chi connectivity index (χ1n) is 12.9. The summed E-state index contributed by atoms with van der Waals surface area (Å²) in [5.41, 5.74) is 4.79. The number of Topliss-reactive ketones (excluding diaryl/α,β-unsaturated/α-hetero) is 1. The second-order valence-electron chi connectivity index (χ2n) is 9.13. The van der Waals surface area contributed by atoms with Crippen LogP contribution in [0.25, 0.3) is 11.0 Å². The van der Waals surface area contributed by atoms with Crippen LogP contribution in [0.5, 0.6) is 0 Å². The molecule has 0 saturated carbocycles. The van der Waals surface area contributed by atoms with Gasteiger partial charge in [0.25, 0.3) is 11.5 Å². The number of methoxy groups -OCH3 is 2. The van der Waals surface area contributed by atoms with Crippen molar-refractivity contribution in [2.75, 3.05) is 19.5 Å². The lowest BCUT2D eigenvalue weighted by molar-refractivity contribution is -0.136. The lowest BCUT2D eigenvalue weighted by Crippen LogP contribution is -2.41. The number of hydrogen-bond donors (Lipinski definition) is 4. The van der Waals surface area contributed by atoms with Gasteiger partial charge in [-0.2, -0.15) is 5.10 Å². The van der Waals surface area contributed by atoms with E-state index in [4.69, 9.17) is 10.5 Å². The molecule has 0 radical (unpaired) electrons. The zero-order valence-corrected chi connectivity index (χ0v) is 23.7. The van der Waals surface area contributed by atoms with E-state index in [1.165, 1.54) is 42.5 Å². The van der Waals surface area contributed by atoms with E-state index in [1.54, 1.807) is 35.8 Å². The lowest BCUT2D eigenvalue weighted by Gasteiger charge is -2.17. The van der Waals surface area contributed by atoms with E-state index >= 15 is 0 Å². The third kappa shape index (κ3) is 6.94. The number of rotatable bonds is 10. The van der Waals surface area contributed by atoms with Crippen LogP contribution < -0.4 is 22.0 Å². The van der Waals surface area contributed by atoms with E-state index < -0.39 is 52.5 Å². The van der Waals surface area contributed by atoms with Gasteiger partial charge in [0, 0.05) is 11.1 Å². The number of hydrazone groups is 1. The molecule has 4 rings (SSSR count). The second-order valence-corrected chi connectivity index (χ2v) is 9.13. The number of aromatic amines is 1. The summed E-state index contributed by atoms with van der Waals surface area (Å²) in [5.74, 6) is -7.45. The zero-order chi connectivity index (χ0) is 32.7. The van der Waals surface area contributed by atoms with Crippen molar-refractivity contribution in [3.05, 3.63) is 106 Å². The molecule has 45 heavy (non-hydrogen) atoms. The standard InChI is InChI=1S/C30H24N6O9/c1-44-28(41)17-10-6-7-11-18(17)33-27(40)25(38)21(23(29(42)45-2)35-36-30(31)43)22-26(39)34-20-14-16(12-13-19(20)32-22)24(37)15-8-4-3-5-9-15/h3-14,21H,1-2H3,(H,33,40)(H,34,39)(H3,31,36,43)/b35-23-/t21-/m1/s1. The molecule has 1 aromatic heterocycles. The highest BCUT2D eigenvalue weighted by molar-refractivity contribution is 6.53. The molecule has 0 saturated heterocycles. The SMILES string of the molecule is COC(=O)/C(=N\NC(N)=O)[C@H](C(=O)C(=O)Nc1ccccc1C(=O)OC)c1nc2ccc(C(=O)c3ccccc3)cc2[nH]c1=O. The Kier molecular flexibility index (Phi) is 9.53. The summed E-state index contributed by atoms with van der Waals surface area (Å²) in [4.78, 5) is 96.3. The number of carbonyl (C=O) groups is 6. The summed E-state index contributed by atoms with van der Waals surface area (Å²) >= 11 is 0. The van der Waals surface area contributed by atoms with Crippen molar-refractivity contribution in [1.29, 1.82) is 0 Å². The van der Waals surface area contributed by atoms with Gasteiger partial charge in [0.2, 0.25) is 5.78 Å². The minimum atomic E-state index is -2.15. The van der Waals surface area contributed by atoms with Crippen LogP contribution in [-0.2, 0) is 23.9 Å². The van der Waals surface area contributed by atoms with E-state index in [2.05, 4.69) is 25.1 Å². The fourth-order valence-corrected chi connectivity index (χ4v) is 4.21. The number of anilines is 1. The van der Waals surface area contributed by atoms with Gasteiger partial charge in [0.1, 0.15) is 11.6 Å². The maximum atomic E-state index is 13.7. The predicted molar refractivity (Wildman–Crippen MR) is 159 cm³/mol. The highest BCUT2D eigenvalue weighted by atomic mass is 16.5. The van der Waals surface area contributed by atoms with Crippen molar-refractivity contribution in [3.8, 4) is 0 Å². The monoisotopic (exact) mass is 612 g/mol. The number of primary amides is 1. The average Bonchev–Trinajstić information content (AvgIpc) is 3.05. The number of carbonyl (C=O) groups excluding carboxylic acids is 6. The second kappa shape index (κ2) is 13.6. The average molecular weight is 613 g/mol. The highest BCUT2D eigenvalue weighted by Gasteiger charge is 2.39. The smallest absolute Gasteiger partial charge is 0.355 e. The van der Waals surface area contributed by atoms with Gasteiger partial charge in [0.15, 0.2) is 11.5 Å². The Morgan fingerprint density at radius 3 is 2.24 bits per heavy atom. The molecule has 1 atom stereocenters. The van der Waals surface area contributed by atoms with Crippen LogP contribution in [0, 0.1) is 0 Å². The molecule has 3 amide bonds. The number of hydrogen-bond acceptors (Lipinski definition) is 11. The Hall–Kier alpha value is -6.51. The number of benzene rings is 3. The first kappa shape index (κ1) is 31.4. The molecule has 228 valence electrons. The lowest BCUT2D eigenvalue weighted by atomic mass is 9.93. The first-order chi connectivity index (χ1) is 21.5. The zero-order valence-electron chi connectivity index (χ0n) is 23.7. The predicted octanol–water partition coefficient (Wildman–Crippen LogP) is 1.43. The molecule has 15 nitrogen and oxygen atoms in total. The van der Waals surface area contributed by atoms with Crippen LogP contribution >= 0.6 is 0 Å². The quantitative estimate of drug-likeness (QED) is 0.0662. The first-order valence-corrected chi connectivity index (χ1v) is 12.9. The van der Waals surface area contributed by atoms with Crippen molar-refractivity contribution < 1.29 is 38.2 Å². The number of nitrogens with one attached hydrogen (secondary N) is 3. The Labute approximate surface area is 253 Å². The Morgan fingerprint density at radius 2 is 1.58 bits per heavy atom. The molecule has 0 unspecified atom stereocenters. The highest BCUT2D eigenvalue weighted by Crippen LogP contribution is 2.22. The number of H-pyrrole nitrogens is 1. The van der Waals surface area contributed by atoms with Crippen LogP contribution in [0.4, 0.5) is 10.5 Å². The summed E-state index contributed by atoms with van der Waals surface area (Å²) in [6, 6.07) is 16.9. The molecule has 1 heterocycles. The van der Waals surface area contributed by atoms with E-state index in [9.17, 15) is 33.6 Å². The van der Waals surface area contributed by atoms with Crippen LogP contribution in [-0.4, -0.2) is 65.3 Å². The normalized spacial score (nSPS) is 11.6. The van der Waals surface area contributed by atoms with Crippen molar-refractivity contribution in [1.82, 2.24) is 15.4 Å². The van der Waals surface area contributed by atoms with E-state index in [0.29, 0.717) is 5.56 Å². The largest absolute Gasteiger partial charge is 0.465 e. The number of nitrogens with zero attached hydrogens (tertiary/aromatic N) is 2. The number of ether oxygens (including phenoxy) is 2. The maximum absolute atomic E-state index is 13.7. The molecule has 0 aliphatic rings. The number of esters is 2. The van der Waals surface area contributed by atoms with E-state index in [1.807, 2.05) is 0 Å². The van der Waals surface area contributed by atoms with Crippen molar-refractivity contribution in [3.63, 3.8) is 0 Å². The van der Waals surface area contributed by atoms with Crippen LogP contribution in [0.15, 0.2) is 82.7 Å². The van der Waals surface area contributed by atoms with Gasteiger partial charge in [-0.3, -0.25) is 19.2 Å². The van der Waals surface area contributed by atoms with Gasteiger partial charge in [-0.25, -0.2) is 24.8 Å². The van der Waals surface area contributed by atoms with Crippen LogP contribution in [0.2, 0.25) is 0 Å². The van der Waals surface area contributed by atoms with E-state index in [0.717, 1.165) is 14.2 Å². The Bertz CT molecular complexity index is 1940. The molecular weight excluding hydrogens is 588 g/mol. The van der Waals surface area contributed by atoms with Gasteiger partial charge in [0.05, 0.1) is 36.5 Å². The minimum absolute atomic E-state index is 0.0653. The summed E-state index contributed by atoms with van der Waals surface area (Å²) in [6.07, 6.45) is 0. The number of urea groups is 1. The Balaban J connectivity index is 1.83. The Morgan fingerprint density at radius 1 is 0.889 bits per heavy atom. The van der Waals surface area contributed by atoms with Gasteiger partial charge in [-0.1, -0.05) is 42.5 Å². The number of ketones is 2. The minimum Gasteiger partial charge on any atom is -0.465 e. The summed E-state index contributed by atoms with van der Waals surface area (Å²) in [6.45, 7) is 0. The molecule has 4 aromatic rings. The van der Waals surface area contributed by atoms with Crippen molar-refractivity contribution in [2.24, 2.45) is 10.8 Å². The molecular formula is C30H24N6O9. The van der Waals surface area contributed by atoms with Gasteiger partial charge >= 0.3 is 18.0 Å². The number of fused-ring (bicyclic) bond motifs is 1. The fourth-order valence-electron chi connectivity index (χ4n) is 4.21. The number of aromatic nitrogens is 2. The molecule has 0 bridgehead atoms.